The lowest BCUT2D eigenvalue weighted by molar-refractivity contribution is -0.130. The third kappa shape index (κ3) is 8.66. The highest BCUT2D eigenvalue weighted by Crippen LogP contribution is 2.29. The van der Waals surface area contributed by atoms with E-state index in [1.807, 2.05) is 43.3 Å². The number of nitrogens with two attached hydrogens (primary N) is 1. The SMILES string of the molecule is Cc1cc(C(=O)NC(C)CO)ccc1-c1ccc(C[C@H](NC(=O)C2CCC(CN)CC2)C(=O)Nc2ccc(-c3nn[nH]n3)cc2)cc1. The minimum atomic E-state index is -0.793. The van der Waals surface area contributed by atoms with Gasteiger partial charge in [-0.15, -0.1) is 10.2 Å². The summed E-state index contributed by atoms with van der Waals surface area (Å²) in [5, 5.41) is 32.0. The zero-order chi connectivity index (χ0) is 33.3. The standard InChI is InChI=1S/C35H42N8O4/c1-21-17-28(34(46)37-22(2)20-44)13-16-30(21)25-7-3-23(4-8-25)18-31(39-33(45)27-9-5-24(19-36)6-10-27)35(47)38-29-14-11-26(12-15-29)32-40-42-43-41-32/h3-4,7-8,11-17,22,24,27,31,44H,5-6,9-10,18-20,36H2,1-2H3,(H,37,46)(H,38,47)(H,39,45)(H,40,41,42,43)/t22?,24?,27?,31-/m0/s1. The molecule has 1 saturated carbocycles. The van der Waals surface area contributed by atoms with Crippen LogP contribution in [0.5, 0.6) is 0 Å². The van der Waals surface area contributed by atoms with Gasteiger partial charge < -0.3 is 26.8 Å². The summed E-state index contributed by atoms with van der Waals surface area (Å²) in [6.07, 6.45) is 3.64. The monoisotopic (exact) mass is 638 g/mol. The minimum Gasteiger partial charge on any atom is -0.394 e. The summed E-state index contributed by atoms with van der Waals surface area (Å²) in [6.45, 7) is 4.18. The molecule has 7 N–H and O–H groups in total. The molecular formula is C35H42N8O4. The van der Waals surface area contributed by atoms with E-state index in [0.717, 1.165) is 53.5 Å². The van der Waals surface area contributed by atoms with Gasteiger partial charge in [0.05, 0.1) is 6.61 Å². The fraction of sp³-hybridized carbons (Fsp3) is 0.371. The van der Waals surface area contributed by atoms with Crippen LogP contribution in [-0.4, -0.2) is 68.7 Å². The summed E-state index contributed by atoms with van der Waals surface area (Å²) in [6, 6.07) is 19.3. The number of aliphatic hydroxyl groups excluding tert-OH is 1. The van der Waals surface area contributed by atoms with Gasteiger partial charge in [0.2, 0.25) is 17.6 Å². The topological polar surface area (TPSA) is 188 Å². The predicted octanol–water partition coefficient (Wildman–Crippen LogP) is 3.38. The second kappa shape index (κ2) is 15.6. The van der Waals surface area contributed by atoms with Crippen molar-refractivity contribution < 1.29 is 19.5 Å². The van der Waals surface area contributed by atoms with Gasteiger partial charge in [0.1, 0.15) is 6.04 Å². The van der Waals surface area contributed by atoms with Crippen LogP contribution >= 0.6 is 0 Å². The molecule has 47 heavy (non-hydrogen) atoms. The molecule has 1 heterocycles. The molecule has 246 valence electrons. The Bertz CT molecular complexity index is 1650. The van der Waals surface area contributed by atoms with Crippen LogP contribution < -0.4 is 21.7 Å². The Morgan fingerprint density at radius 2 is 1.66 bits per heavy atom. The zero-order valence-electron chi connectivity index (χ0n) is 26.7. The molecular weight excluding hydrogens is 596 g/mol. The van der Waals surface area contributed by atoms with Gasteiger partial charge in [-0.3, -0.25) is 14.4 Å². The molecule has 5 rings (SSSR count). The van der Waals surface area contributed by atoms with Crippen LogP contribution in [0.2, 0.25) is 0 Å². The summed E-state index contributed by atoms with van der Waals surface area (Å²) in [4.78, 5) is 39.5. The Labute approximate surface area is 273 Å². The van der Waals surface area contributed by atoms with Crippen molar-refractivity contribution in [2.24, 2.45) is 17.6 Å². The first-order chi connectivity index (χ1) is 22.7. The molecule has 3 amide bonds. The molecule has 0 saturated heterocycles. The lowest BCUT2D eigenvalue weighted by Crippen LogP contribution is -2.48. The van der Waals surface area contributed by atoms with Crippen molar-refractivity contribution in [3.63, 3.8) is 0 Å². The number of amides is 3. The molecule has 3 aromatic carbocycles. The lowest BCUT2D eigenvalue weighted by atomic mass is 9.81. The third-order valence-electron chi connectivity index (χ3n) is 8.78. The second-order valence-corrected chi connectivity index (χ2v) is 12.3. The molecule has 1 fully saturated rings. The van der Waals surface area contributed by atoms with Crippen molar-refractivity contribution in [1.82, 2.24) is 31.3 Å². The van der Waals surface area contributed by atoms with Crippen LogP contribution in [0.4, 0.5) is 5.69 Å². The molecule has 0 aliphatic heterocycles. The van der Waals surface area contributed by atoms with Crippen molar-refractivity contribution in [3.8, 4) is 22.5 Å². The van der Waals surface area contributed by atoms with E-state index in [1.165, 1.54) is 0 Å². The largest absolute Gasteiger partial charge is 0.394 e. The Balaban J connectivity index is 1.29. The molecule has 1 aliphatic carbocycles. The highest BCUT2D eigenvalue weighted by atomic mass is 16.3. The van der Waals surface area contributed by atoms with Crippen LogP contribution in [0.1, 0.15) is 54.1 Å². The van der Waals surface area contributed by atoms with Gasteiger partial charge in [0.25, 0.3) is 5.91 Å². The highest BCUT2D eigenvalue weighted by Gasteiger charge is 2.29. The molecule has 0 radical (unpaired) electrons. The molecule has 12 nitrogen and oxygen atoms in total. The van der Waals surface area contributed by atoms with E-state index in [4.69, 9.17) is 5.73 Å². The highest BCUT2D eigenvalue weighted by molar-refractivity contribution is 5.98. The van der Waals surface area contributed by atoms with E-state index in [9.17, 15) is 19.5 Å². The van der Waals surface area contributed by atoms with Gasteiger partial charge >= 0.3 is 0 Å². The van der Waals surface area contributed by atoms with Crippen LogP contribution in [-0.2, 0) is 16.0 Å². The number of hydrogen-bond donors (Lipinski definition) is 6. The van der Waals surface area contributed by atoms with E-state index in [0.29, 0.717) is 36.0 Å². The number of rotatable bonds is 12. The smallest absolute Gasteiger partial charge is 0.251 e. The molecule has 12 heteroatoms. The maximum atomic E-state index is 13.6. The quantitative estimate of drug-likeness (QED) is 0.136. The van der Waals surface area contributed by atoms with Crippen molar-refractivity contribution in [1.29, 1.82) is 0 Å². The maximum absolute atomic E-state index is 13.6. The van der Waals surface area contributed by atoms with Gasteiger partial charge in [0, 0.05) is 35.2 Å². The average Bonchev–Trinajstić information content (AvgIpc) is 3.64. The minimum absolute atomic E-state index is 0.113. The van der Waals surface area contributed by atoms with Gasteiger partial charge in [0.15, 0.2) is 0 Å². The van der Waals surface area contributed by atoms with Crippen molar-refractivity contribution in [3.05, 3.63) is 83.4 Å². The molecule has 1 aliphatic rings. The van der Waals surface area contributed by atoms with Gasteiger partial charge in [-0.05, 0) is 116 Å². The number of benzene rings is 3. The van der Waals surface area contributed by atoms with Crippen LogP contribution in [0.15, 0.2) is 66.7 Å². The van der Waals surface area contributed by atoms with E-state index >= 15 is 0 Å². The van der Waals surface area contributed by atoms with Gasteiger partial charge in [-0.1, -0.05) is 30.3 Å². The summed E-state index contributed by atoms with van der Waals surface area (Å²) in [7, 11) is 0. The summed E-state index contributed by atoms with van der Waals surface area (Å²) in [5.74, 6) is 0.0791. The summed E-state index contributed by atoms with van der Waals surface area (Å²) >= 11 is 0. The van der Waals surface area contributed by atoms with Crippen LogP contribution in [0.25, 0.3) is 22.5 Å². The van der Waals surface area contributed by atoms with E-state index in [-0.39, 0.29) is 36.3 Å². The molecule has 1 unspecified atom stereocenters. The number of H-pyrrole nitrogens is 1. The van der Waals surface area contributed by atoms with E-state index in [2.05, 4.69) is 36.6 Å². The Morgan fingerprint density at radius 3 is 2.28 bits per heavy atom. The number of tetrazole rings is 1. The fourth-order valence-electron chi connectivity index (χ4n) is 5.91. The number of aryl methyl sites for hydroxylation is 1. The first kappa shape index (κ1) is 33.4. The average molecular weight is 639 g/mol. The molecule has 0 spiro atoms. The number of nitrogens with zero attached hydrogens (tertiary/aromatic N) is 3. The van der Waals surface area contributed by atoms with Crippen molar-refractivity contribution in [2.45, 2.75) is 58.0 Å². The number of carbonyl (C=O) groups excluding carboxylic acids is 3. The van der Waals surface area contributed by atoms with E-state index in [1.54, 1.807) is 37.3 Å². The van der Waals surface area contributed by atoms with Crippen LogP contribution in [0.3, 0.4) is 0 Å². The fourth-order valence-corrected chi connectivity index (χ4v) is 5.91. The number of anilines is 1. The normalized spacial score (nSPS) is 17.4. The Morgan fingerprint density at radius 1 is 0.957 bits per heavy atom. The number of hydrogen-bond acceptors (Lipinski definition) is 8. The molecule has 2 atom stereocenters. The number of aromatic nitrogens is 4. The van der Waals surface area contributed by atoms with Crippen molar-refractivity contribution in [2.75, 3.05) is 18.5 Å². The predicted molar refractivity (Wildman–Crippen MR) is 179 cm³/mol. The number of aromatic amines is 1. The Hall–Kier alpha value is -4.94. The first-order valence-electron chi connectivity index (χ1n) is 16.0. The number of carbonyl (C=O) groups is 3. The molecule has 4 aromatic rings. The van der Waals surface area contributed by atoms with Gasteiger partial charge in [-0.2, -0.15) is 5.21 Å². The second-order valence-electron chi connectivity index (χ2n) is 12.3. The maximum Gasteiger partial charge on any atom is 0.251 e. The summed E-state index contributed by atoms with van der Waals surface area (Å²) < 4.78 is 0. The summed E-state index contributed by atoms with van der Waals surface area (Å²) in [5.41, 5.74) is 11.5. The zero-order valence-corrected chi connectivity index (χ0v) is 26.7. The number of nitrogens with one attached hydrogen (secondary N) is 4. The van der Waals surface area contributed by atoms with Crippen LogP contribution in [0, 0.1) is 18.8 Å². The number of aliphatic hydroxyl groups is 1. The third-order valence-corrected chi connectivity index (χ3v) is 8.78. The van der Waals surface area contributed by atoms with Crippen molar-refractivity contribution >= 4 is 23.4 Å². The van der Waals surface area contributed by atoms with E-state index < -0.39 is 6.04 Å². The lowest BCUT2D eigenvalue weighted by Gasteiger charge is -2.28. The molecule has 0 bridgehead atoms. The Kier molecular flexibility index (Phi) is 11.1. The van der Waals surface area contributed by atoms with Gasteiger partial charge in [-0.25, -0.2) is 0 Å². The molecule has 1 aromatic heterocycles. The first-order valence-corrected chi connectivity index (χ1v) is 16.0.